The van der Waals surface area contributed by atoms with Gasteiger partial charge < -0.3 is 63.8 Å². The second-order valence-electron chi connectivity index (χ2n) is 22.7. The molecule has 16 heteroatoms. The first-order valence-corrected chi connectivity index (χ1v) is 32.5. The molecule has 472 valence electrons. The molecule has 2 aliphatic heterocycles. The highest BCUT2D eigenvalue weighted by atomic mass is 16.7. The molecule has 0 bridgehead atoms. The Kier molecular flexibility index (Phi) is 46.4. The number of ether oxygens (including phenoxy) is 7. The lowest BCUT2D eigenvalue weighted by Crippen LogP contribution is -2.62. The Morgan fingerprint density at radius 1 is 0.432 bits per heavy atom. The van der Waals surface area contributed by atoms with E-state index in [1.807, 2.05) is 0 Å². The maximum Gasteiger partial charge on any atom is 0.306 e. The van der Waals surface area contributed by atoms with Gasteiger partial charge in [0, 0.05) is 19.3 Å². The number of carbonyl (C=O) groups is 3. The monoisotopic (exact) mass is 1150 g/mol. The van der Waals surface area contributed by atoms with Gasteiger partial charge in [0.05, 0.1) is 19.8 Å². The van der Waals surface area contributed by atoms with E-state index in [1.165, 1.54) is 109 Å². The predicted molar refractivity (Wildman–Crippen MR) is 317 cm³/mol. The Morgan fingerprint density at radius 2 is 0.864 bits per heavy atom. The minimum Gasteiger partial charge on any atom is -0.462 e. The summed E-state index contributed by atoms with van der Waals surface area (Å²) in [6.45, 7) is 4.62. The minimum atomic E-state index is -1.79. The lowest BCUT2D eigenvalue weighted by molar-refractivity contribution is -0.333. The van der Waals surface area contributed by atoms with Crippen molar-refractivity contribution in [3.8, 4) is 0 Å². The maximum atomic E-state index is 13.2. The molecule has 0 radical (unpaired) electrons. The van der Waals surface area contributed by atoms with Crippen molar-refractivity contribution in [3.05, 3.63) is 36.5 Å². The van der Waals surface area contributed by atoms with Gasteiger partial charge in [0.1, 0.15) is 49.3 Å². The lowest BCUT2D eigenvalue weighted by Gasteiger charge is -2.43. The second-order valence-corrected chi connectivity index (χ2v) is 22.7. The number of esters is 3. The summed E-state index contributed by atoms with van der Waals surface area (Å²) in [5.41, 5.74) is 0. The van der Waals surface area contributed by atoms with Gasteiger partial charge in [0.25, 0.3) is 0 Å². The lowest BCUT2D eigenvalue weighted by atomic mass is 9.98. The second kappa shape index (κ2) is 50.5. The molecule has 0 aromatic heterocycles. The number of unbranched alkanes of at least 4 members (excludes halogenated alkanes) is 29. The van der Waals surface area contributed by atoms with Gasteiger partial charge in [0.2, 0.25) is 0 Å². The van der Waals surface area contributed by atoms with Crippen molar-refractivity contribution >= 4 is 17.9 Å². The molecule has 2 saturated heterocycles. The first kappa shape index (κ1) is 74.3. The molecular formula is C65H116O16. The first-order chi connectivity index (χ1) is 39.5. The standard InChI is InChI=1S/C65H116O16/c1-4-7-10-13-16-19-22-25-26-29-30-33-36-39-42-45-55(67)75-49-52(78-56(68)46-43-40-37-34-31-27-23-20-17-14-11-8-5-2)50-76-64-61(73)60(72)58(70)54(80-64)51-77-65-62(74)63(59(71)53(48-66)79-65)81-57(69)47-44-41-38-35-32-28-24-21-18-15-12-9-6-3/h7,10,16,19,25-26,52-54,58-66,70-74H,4-6,8-9,11-15,17-18,20-24,27-51H2,1-3H3/b10-7+,19-16+,26-25+/t52-,53-,54-,58-,59+,60+,61-,62-,63+,64+,65+/m1/s1. The predicted octanol–water partition coefficient (Wildman–Crippen LogP) is 12.2. The van der Waals surface area contributed by atoms with E-state index < -0.39 is 105 Å². The van der Waals surface area contributed by atoms with Crippen LogP contribution < -0.4 is 0 Å². The van der Waals surface area contributed by atoms with Crippen LogP contribution in [0.1, 0.15) is 265 Å². The summed E-state index contributed by atoms with van der Waals surface area (Å²) in [7, 11) is 0. The summed E-state index contributed by atoms with van der Waals surface area (Å²) in [6, 6.07) is 0. The molecule has 0 aromatic rings. The minimum absolute atomic E-state index is 0.0747. The molecule has 2 aliphatic rings. The average Bonchev–Trinajstić information content (AvgIpc) is 3.48. The third-order valence-corrected chi connectivity index (χ3v) is 15.4. The fourth-order valence-electron chi connectivity index (χ4n) is 10.2. The van der Waals surface area contributed by atoms with E-state index in [0.717, 1.165) is 96.3 Å². The quantitative estimate of drug-likeness (QED) is 0.0144. The van der Waals surface area contributed by atoms with Gasteiger partial charge in [-0.05, 0) is 51.4 Å². The summed E-state index contributed by atoms with van der Waals surface area (Å²) in [4.78, 5) is 39.0. The van der Waals surface area contributed by atoms with Gasteiger partial charge in [-0.1, -0.05) is 231 Å². The van der Waals surface area contributed by atoms with E-state index in [4.69, 9.17) is 33.2 Å². The number of hydrogen-bond acceptors (Lipinski definition) is 16. The molecule has 0 aromatic carbocycles. The third-order valence-electron chi connectivity index (χ3n) is 15.4. The van der Waals surface area contributed by atoms with Crippen molar-refractivity contribution in [3.63, 3.8) is 0 Å². The van der Waals surface area contributed by atoms with Crippen LogP contribution in [0.25, 0.3) is 0 Å². The van der Waals surface area contributed by atoms with Gasteiger partial charge in [-0.25, -0.2) is 0 Å². The van der Waals surface area contributed by atoms with Crippen LogP contribution in [0.15, 0.2) is 36.5 Å². The Labute approximate surface area is 489 Å². The number of hydrogen-bond donors (Lipinski definition) is 6. The molecule has 6 N–H and O–H groups in total. The fraction of sp³-hybridized carbons (Fsp3) is 0.862. The van der Waals surface area contributed by atoms with Crippen molar-refractivity contribution in [2.75, 3.05) is 26.4 Å². The topological polar surface area (TPSA) is 237 Å². The van der Waals surface area contributed by atoms with Crippen molar-refractivity contribution in [1.82, 2.24) is 0 Å². The molecule has 81 heavy (non-hydrogen) atoms. The molecule has 0 spiro atoms. The van der Waals surface area contributed by atoms with Crippen molar-refractivity contribution in [1.29, 1.82) is 0 Å². The van der Waals surface area contributed by atoms with Crippen LogP contribution in [-0.4, -0.2) is 142 Å². The Hall–Kier alpha value is -2.77. The number of carbonyl (C=O) groups excluding carboxylic acids is 3. The van der Waals surface area contributed by atoms with Crippen LogP contribution in [0, 0.1) is 0 Å². The summed E-state index contributed by atoms with van der Waals surface area (Å²) in [5.74, 6) is -1.58. The van der Waals surface area contributed by atoms with Gasteiger partial charge in [-0.15, -0.1) is 0 Å². The van der Waals surface area contributed by atoms with Crippen LogP contribution in [0.2, 0.25) is 0 Å². The molecule has 0 aliphatic carbocycles. The zero-order valence-electron chi connectivity index (χ0n) is 50.8. The maximum absolute atomic E-state index is 13.2. The van der Waals surface area contributed by atoms with E-state index in [1.54, 1.807) is 0 Å². The summed E-state index contributed by atoms with van der Waals surface area (Å²) < 4.78 is 40.0. The highest BCUT2D eigenvalue weighted by Crippen LogP contribution is 2.28. The van der Waals surface area contributed by atoms with Gasteiger partial charge >= 0.3 is 17.9 Å². The van der Waals surface area contributed by atoms with Crippen LogP contribution in [0.4, 0.5) is 0 Å². The summed E-state index contributed by atoms with van der Waals surface area (Å²) in [5, 5.41) is 65.0. The number of aliphatic hydroxyl groups is 6. The molecule has 16 nitrogen and oxygen atoms in total. The molecule has 0 amide bonds. The smallest absolute Gasteiger partial charge is 0.306 e. The SMILES string of the molecule is CC/C=C/C/C=C/C/C=C/CCCCCCCC(=O)OC[C@H](CO[C@H]1O[C@H](CO[C@H]2O[C@H](CO)[C@H](O)[C@H](OC(=O)CCCCCCCCCCCCCCC)[C@H]2O)[C@@H](O)[C@H](O)[C@H]1O)OC(=O)CCCCCCCCCCCCCCC. The van der Waals surface area contributed by atoms with Crippen molar-refractivity contribution in [2.24, 2.45) is 0 Å². The Balaban J connectivity index is 1.90. The third kappa shape index (κ3) is 36.6. The molecule has 2 fully saturated rings. The van der Waals surface area contributed by atoms with E-state index in [-0.39, 0.29) is 25.9 Å². The highest BCUT2D eigenvalue weighted by molar-refractivity contribution is 5.70. The van der Waals surface area contributed by atoms with Crippen LogP contribution in [-0.2, 0) is 47.5 Å². The number of aliphatic hydroxyl groups excluding tert-OH is 6. The fourth-order valence-corrected chi connectivity index (χ4v) is 10.2. The molecule has 0 saturated carbocycles. The van der Waals surface area contributed by atoms with Crippen molar-refractivity contribution in [2.45, 2.75) is 332 Å². The van der Waals surface area contributed by atoms with Crippen LogP contribution in [0.5, 0.6) is 0 Å². The molecule has 2 heterocycles. The zero-order chi connectivity index (χ0) is 59.0. The van der Waals surface area contributed by atoms with E-state index in [2.05, 4.69) is 57.2 Å². The largest absolute Gasteiger partial charge is 0.462 e. The van der Waals surface area contributed by atoms with E-state index in [0.29, 0.717) is 19.3 Å². The highest BCUT2D eigenvalue weighted by Gasteiger charge is 2.49. The molecule has 0 unspecified atom stereocenters. The van der Waals surface area contributed by atoms with E-state index in [9.17, 15) is 45.0 Å². The Morgan fingerprint density at radius 3 is 1.37 bits per heavy atom. The number of rotatable bonds is 52. The van der Waals surface area contributed by atoms with Crippen LogP contribution in [0.3, 0.4) is 0 Å². The zero-order valence-corrected chi connectivity index (χ0v) is 50.8. The van der Waals surface area contributed by atoms with E-state index >= 15 is 0 Å². The van der Waals surface area contributed by atoms with Crippen molar-refractivity contribution < 1.29 is 78.2 Å². The first-order valence-electron chi connectivity index (χ1n) is 32.5. The molecular weight excluding hydrogens is 1040 g/mol. The summed E-state index contributed by atoms with van der Waals surface area (Å²) >= 11 is 0. The normalized spacial score (nSPS) is 23.7. The van der Waals surface area contributed by atoms with Gasteiger partial charge in [0.15, 0.2) is 24.8 Å². The average molecular weight is 1150 g/mol. The molecule has 11 atom stereocenters. The van der Waals surface area contributed by atoms with Gasteiger partial charge in [-0.2, -0.15) is 0 Å². The van der Waals surface area contributed by atoms with Crippen LogP contribution >= 0.6 is 0 Å². The van der Waals surface area contributed by atoms with Gasteiger partial charge in [-0.3, -0.25) is 14.4 Å². The Bertz CT molecular complexity index is 1610. The molecule has 2 rings (SSSR count). The number of allylic oxidation sites excluding steroid dienone is 6. The summed E-state index contributed by atoms with van der Waals surface area (Å²) in [6.07, 6.45) is 35.1.